The largest absolute Gasteiger partial charge is 0.493 e. The maximum atomic E-state index is 10.1. The molecular weight excluding hydrogens is 224 g/mol. The van der Waals surface area contributed by atoms with Crippen LogP contribution in [0.15, 0.2) is 23.0 Å². The van der Waals surface area contributed by atoms with E-state index in [4.69, 9.17) is 4.74 Å². The summed E-state index contributed by atoms with van der Waals surface area (Å²) in [6.07, 6.45) is 1.61. The average Bonchev–Trinajstić information content (AvgIpc) is 2.87. The fraction of sp³-hybridized carbons (Fsp3) is 0.364. The highest BCUT2D eigenvalue weighted by Gasteiger charge is 2.18. The van der Waals surface area contributed by atoms with E-state index >= 15 is 0 Å². The summed E-state index contributed by atoms with van der Waals surface area (Å²) in [6, 6.07) is 2.01. The summed E-state index contributed by atoms with van der Waals surface area (Å²) in [7, 11) is 3.38. The lowest BCUT2D eigenvalue weighted by Crippen LogP contribution is -2.08. The number of aromatic nitrogens is 2. The summed E-state index contributed by atoms with van der Waals surface area (Å²) in [5, 5.41) is 18.2. The van der Waals surface area contributed by atoms with Crippen LogP contribution in [-0.2, 0) is 13.5 Å². The van der Waals surface area contributed by atoms with Crippen molar-refractivity contribution in [2.45, 2.75) is 12.5 Å². The van der Waals surface area contributed by atoms with Gasteiger partial charge in [-0.15, -0.1) is 0 Å². The van der Waals surface area contributed by atoms with Gasteiger partial charge in [-0.1, -0.05) is 0 Å². The third-order valence-electron chi connectivity index (χ3n) is 2.49. The Labute approximate surface area is 98.1 Å². The van der Waals surface area contributed by atoms with Crippen molar-refractivity contribution in [1.82, 2.24) is 9.78 Å². The molecule has 2 rings (SSSR count). The van der Waals surface area contributed by atoms with Crippen molar-refractivity contribution in [2.24, 2.45) is 7.05 Å². The molecule has 1 N–H and O–H groups in total. The van der Waals surface area contributed by atoms with Crippen molar-refractivity contribution < 1.29 is 9.84 Å². The topological polar surface area (TPSA) is 47.3 Å². The van der Waals surface area contributed by atoms with E-state index in [1.165, 1.54) is 0 Å². The average molecular weight is 238 g/mol. The van der Waals surface area contributed by atoms with E-state index in [0.29, 0.717) is 17.9 Å². The second-order valence-electron chi connectivity index (χ2n) is 3.57. The van der Waals surface area contributed by atoms with Crippen LogP contribution in [0.3, 0.4) is 0 Å². The molecule has 2 aromatic rings. The van der Waals surface area contributed by atoms with Crippen LogP contribution in [0.1, 0.15) is 17.4 Å². The number of thiophene rings is 1. The number of aliphatic hydroxyl groups excluding tert-OH is 1. The molecule has 0 fully saturated rings. The smallest absolute Gasteiger partial charge is 0.162 e. The van der Waals surface area contributed by atoms with E-state index in [-0.39, 0.29) is 0 Å². The highest BCUT2D eigenvalue weighted by Crippen LogP contribution is 2.27. The molecule has 4 nitrogen and oxygen atoms in total. The van der Waals surface area contributed by atoms with Crippen LogP contribution < -0.4 is 4.74 Å². The second-order valence-corrected chi connectivity index (χ2v) is 4.35. The molecule has 0 aliphatic rings. The van der Waals surface area contributed by atoms with Crippen LogP contribution in [0, 0.1) is 0 Å². The Morgan fingerprint density at radius 3 is 3.06 bits per heavy atom. The van der Waals surface area contributed by atoms with Crippen molar-refractivity contribution in [1.29, 1.82) is 0 Å². The van der Waals surface area contributed by atoms with Gasteiger partial charge in [0.2, 0.25) is 0 Å². The third kappa shape index (κ3) is 2.10. The van der Waals surface area contributed by atoms with Gasteiger partial charge in [-0.3, -0.25) is 4.68 Å². The zero-order valence-corrected chi connectivity index (χ0v) is 10.1. The van der Waals surface area contributed by atoms with Gasteiger partial charge < -0.3 is 9.84 Å². The molecule has 86 valence electrons. The molecule has 0 radical (unpaired) electrons. The van der Waals surface area contributed by atoms with Crippen molar-refractivity contribution in [2.75, 3.05) is 7.11 Å². The fourth-order valence-electron chi connectivity index (χ4n) is 1.69. The molecule has 1 atom stereocenters. The number of hydrogen-bond donors (Lipinski definition) is 1. The number of rotatable bonds is 4. The lowest BCUT2D eigenvalue weighted by atomic mass is 10.1. The first-order chi connectivity index (χ1) is 7.72. The summed E-state index contributed by atoms with van der Waals surface area (Å²) < 4.78 is 6.81. The number of aryl methyl sites for hydroxylation is 1. The molecule has 5 heteroatoms. The summed E-state index contributed by atoms with van der Waals surface area (Å²) in [5.74, 6) is 0.630. The highest BCUT2D eigenvalue weighted by molar-refractivity contribution is 7.07. The minimum Gasteiger partial charge on any atom is -0.493 e. The minimum absolute atomic E-state index is 0.583. The standard InChI is InChI=1S/C11H14N2O2S/c1-13-11(10(15-2)6-12-13)9(14)5-8-3-4-16-7-8/h3-4,6-7,9,14H,5H2,1-2H3. The SMILES string of the molecule is COc1cnn(C)c1C(O)Cc1ccsc1. The number of ether oxygens (including phenoxy) is 1. The number of nitrogens with zero attached hydrogens (tertiary/aromatic N) is 2. The van der Waals surface area contributed by atoms with Gasteiger partial charge in [0.1, 0.15) is 11.8 Å². The monoisotopic (exact) mass is 238 g/mol. The first-order valence-electron chi connectivity index (χ1n) is 4.97. The molecule has 0 aromatic carbocycles. The summed E-state index contributed by atoms with van der Waals surface area (Å²) in [4.78, 5) is 0. The molecule has 2 aromatic heterocycles. The number of methoxy groups -OCH3 is 1. The van der Waals surface area contributed by atoms with E-state index in [1.807, 2.05) is 16.8 Å². The van der Waals surface area contributed by atoms with Gasteiger partial charge in [0.25, 0.3) is 0 Å². The maximum Gasteiger partial charge on any atom is 0.162 e. The van der Waals surface area contributed by atoms with E-state index < -0.39 is 6.10 Å². The molecule has 0 saturated heterocycles. The van der Waals surface area contributed by atoms with Crippen molar-refractivity contribution in [3.63, 3.8) is 0 Å². The normalized spacial score (nSPS) is 12.7. The first kappa shape index (κ1) is 11.2. The van der Waals surface area contributed by atoms with Crippen molar-refractivity contribution in [3.8, 4) is 5.75 Å². The first-order valence-corrected chi connectivity index (χ1v) is 5.91. The summed E-state index contributed by atoms with van der Waals surface area (Å²) in [6.45, 7) is 0. The van der Waals surface area contributed by atoms with Crippen LogP contribution in [0.5, 0.6) is 5.75 Å². The third-order valence-corrected chi connectivity index (χ3v) is 3.23. The quantitative estimate of drug-likeness (QED) is 0.883. The van der Waals surface area contributed by atoms with Crippen LogP contribution in [-0.4, -0.2) is 22.0 Å². The number of aliphatic hydroxyl groups is 1. The Morgan fingerprint density at radius 2 is 2.44 bits per heavy atom. The zero-order valence-electron chi connectivity index (χ0n) is 9.25. The molecular formula is C11H14N2O2S. The highest BCUT2D eigenvalue weighted by atomic mass is 32.1. The predicted molar refractivity (Wildman–Crippen MR) is 62.7 cm³/mol. The van der Waals surface area contributed by atoms with Gasteiger partial charge in [0.05, 0.1) is 13.3 Å². The molecule has 0 aliphatic heterocycles. The molecule has 1 unspecified atom stereocenters. The van der Waals surface area contributed by atoms with E-state index in [1.54, 1.807) is 36.4 Å². The molecule has 0 aliphatic carbocycles. The summed E-state index contributed by atoms with van der Waals surface area (Å²) in [5.41, 5.74) is 1.84. The fourth-order valence-corrected chi connectivity index (χ4v) is 2.37. The van der Waals surface area contributed by atoms with Crippen LogP contribution >= 0.6 is 11.3 Å². The van der Waals surface area contributed by atoms with E-state index in [0.717, 1.165) is 5.56 Å². The Morgan fingerprint density at radius 1 is 1.62 bits per heavy atom. The lowest BCUT2D eigenvalue weighted by Gasteiger charge is -2.12. The minimum atomic E-state index is -0.586. The van der Waals surface area contributed by atoms with Gasteiger partial charge in [-0.25, -0.2) is 0 Å². The Hall–Kier alpha value is -1.33. The van der Waals surface area contributed by atoms with Gasteiger partial charge in [0.15, 0.2) is 5.75 Å². The lowest BCUT2D eigenvalue weighted by molar-refractivity contribution is 0.164. The van der Waals surface area contributed by atoms with Crippen LogP contribution in [0.25, 0.3) is 0 Å². The van der Waals surface area contributed by atoms with Crippen molar-refractivity contribution in [3.05, 3.63) is 34.3 Å². The van der Waals surface area contributed by atoms with Gasteiger partial charge in [0, 0.05) is 13.5 Å². The van der Waals surface area contributed by atoms with Gasteiger partial charge >= 0.3 is 0 Å². The van der Waals surface area contributed by atoms with Crippen LogP contribution in [0.2, 0.25) is 0 Å². The Balaban J connectivity index is 2.20. The van der Waals surface area contributed by atoms with Crippen molar-refractivity contribution >= 4 is 11.3 Å². The molecule has 0 bridgehead atoms. The van der Waals surface area contributed by atoms with E-state index in [2.05, 4.69) is 5.10 Å². The summed E-state index contributed by atoms with van der Waals surface area (Å²) >= 11 is 1.63. The van der Waals surface area contributed by atoms with Crippen LogP contribution in [0.4, 0.5) is 0 Å². The molecule has 16 heavy (non-hydrogen) atoms. The predicted octanol–water partition coefficient (Wildman–Crippen LogP) is 1.77. The Kier molecular flexibility index (Phi) is 3.26. The van der Waals surface area contributed by atoms with Gasteiger partial charge in [-0.05, 0) is 22.4 Å². The maximum absolute atomic E-state index is 10.1. The van der Waals surface area contributed by atoms with E-state index in [9.17, 15) is 5.11 Å². The molecule has 0 spiro atoms. The second kappa shape index (κ2) is 4.67. The number of hydrogen-bond acceptors (Lipinski definition) is 4. The zero-order chi connectivity index (χ0) is 11.5. The molecule has 0 saturated carbocycles. The van der Waals surface area contributed by atoms with Gasteiger partial charge in [-0.2, -0.15) is 16.4 Å². The molecule has 2 heterocycles. The molecule has 0 amide bonds. The Bertz CT molecular complexity index is 451.